The third-order valence-electron chi connectivity index (χ3n) is 1.87. The van der Waals surface area contributed by atoms with Crippen molar-refractivity contribution < 1.29 is 19.1 Å². The van der Waals surface area contributed by atoms with E-state index < -0.39 is 17.4 Å². The highest BCUT2D eigenvalue weighted by Gasteiger charge is 2.26. The van der Waals surface area contributed by atoms with Crippen LogP contribution < -0.4 is 5.32 Å². The molecule has 0 atom stereocenters. The van der Waals surface area contributed by atoms with Gasteiger partial charge in [-0.1, -0.05) is 11.6 Å². The number of carbonyl (C=O) groups excluding carboxylic acids is 1. The Morgan fingerprint density at radius 3 is 2.62 bits per heavy atom. The van der Waals surface area contributed by atoms with Gasteiger partial charge in [0.1, 0.15) is 0 Å². The molecule has 0 saturated heterocycles. The zero-order valence-electron chi connectivity index (χ0n) is 8.91. The predicted molar refractivity (Wildman–Crippen MR) is 57.5 cm³/mol. The summed E-state index contributed by atoms with van der Waals surface area (Å²) in [7, 11) is 0. The van der Waals surface area contributed by atoms with Crippen molar-refractivity contribution in [3.63, 3.8) is 0 Å². The third-order valence-corrected chi connectivity index (χ3v) is 2.17. The second-order valence-corrected chi connectivity index (χ2v) is 4.41. The quantitative estimate of drug-likeness (QED) is 0.849. The summed E-state index contributed by atoms with van der Waals surface area (Å²) in [5.74, 6) is -1.53. The fourth-order valence-corrected chi connectivity index (χ4v) is 1.42. The van der Waals surface area contributed by atoms with Crippen LogP contribution in [0.5, 0.6) is 0 Å². The fraction of sp³-hybridized carbons (Fsp3) is 0.400. The molecule has 0 fully saturated rings. The van der Waals surface area contributed by atoms with E-state index in [9.17, 15) is 9.59 Å². The van der Waals surface area contributed by atoms with Gasteiger partial charge in [0, 0.05) is 5.54 Å². The van der Waals surface area contributed by atoms with E-state index >= 15 is 0 Å². The van der Waals surface area contributed by atoms with Crippen molar-refractivity contribution in [1.82, 2.24) is 5.32 Å². The Bertz CT molecular complexity index is 411. The molecule has 0 radical (unpaired) electrons. The van der Waals surface area contributed by atoms with Crippen molar-refractivity contribution in [3.8, 4) is 0 Å². The van der Waals surface area contributed by atoms with Crippen LogP contribution in [0.4, 0.5) is 0 Å². The van der Waals surface area contributed by atoms with E-state index in [4.69, 9.17) is 21.1 Å². The summed E-state index contributed by atoms with van der Waals surface area (Å²) in [6.07, 6.45) is 1.11. The molecule has 1 rings (SSSR count). The first-order valence-electron chi connectivity index (χ1n) is 4.59. The highest BCUT2D eigenvalue weighted by Crippen LogP contribution is 2.18. The lowest BCUT2D eigenvalue weighted by atomic mass is 10.0. The van der Waals surface area contributed by atoms with Gasteiger partial charge in [-0.2, -0.15) is 0 Å². The standard InChI is InChI=1S/C10H12ClNO4/c1-10(2,5-7(13)14)12-9(15)8-6(11)3-4-16-8/h3-4H,5H2,1-2H3,(H,12,15)(H,13,14). The Morgan fingerprint density at radius 2 is 2.19 bits per heavy atom. The van der Waals surface area contributed by atoms with Crippen LogP contribution in [0.1, 0.15) is 30.8 Å². The van der Waals surface area contributed by atoms with E-state index in [1.165, 1.54) is 12.3 Å². The van der Waals surface area contributed by atoms with E-state index in [-0.39, 0.29) is 17.2 Å². The molecule has 0 saturated carbocycles. The number of furan rings is 1. The molecule has 1 aromatic heterocycles. The Hall–Kier alpha value is -1.49. The summed E-state index contributed by atoms with van der Waals surface area (Å²) in [5, 5.41) is 11.4. The molecule has 0 unspecified atom stereocenters. The lowest BCUT2D eigenvalue weighted by Crippen LogP contribution is -2.44. The Morgan fingerprint density at radius 1 is 1.56 bits per heavy atom. The Labute approximate surface area is 97.4 Å². The van der Waals surface area contributed by atoms with Gasteiger partial charge in [0.25, 0.3) is 5.91 Å². The molecule has 6 heteroatoms. The summed E-state index contributed by atoms with van der Waals surface area (Å²) < 4.78 is 4.89. The van der Waals surface area contributed by atoms with Crippen molar-refractivity contribution >= 4 is 23.5 Å². The summed E-state index contributed by atoms with van der Waals surface area (Å²) in [6.45, 7) is 3.21. The van der Waals surface area contributed by atoms with Gasteiger partial charge in [-0.3, -0.25) is 9.59 Å². The van der Waals surface area contributed by atoms with E-state index in [0.29, 0.717) is 0 Å². The van der Waals surface area contributed by atoms with E-state index in [0.717, 1.165) is 0 Å². The van der Waals surface area contributed by atoms with Crippen LogP contribution in [0, 0.1) is 0 Å². The van der Waals surface area contributed by atoms with Crippen molar-refractivity contribution in [2.45, 2.75) is 25.8 Å². The zero-order chi connectivity index (χ0) is 12.3. The van der Waals surface area contributed by atoms with Crippen LogP contribution in [-0.2, 0) is 4.79 Å². The van der Waals surface area contributed by atoms with Gasteiger partial charge in [-0.25, -0.2) is 0 Å². The fourth-order valence-electron chi connectivity index (χ4n) is 1.24. The van der Waals surface area contributed by atoms with Gasteiger partial charge in [0.2, 0.25) is 5.76 Å². The van der Waals surface area contributed by atoms with Gasteiger partial charge < -0.3 is 14.8 Å². The first kappa shape index (κ1) is 12.6. The van der Waals surface area contributed by atoms with Gasteiger partial charge in [-0.05, 0) is 19.9 Å². The van der Waals surface area contributed by atoms with Crippen LogP contribution in [0.3, 0.4) is 0 Å². The summed E-state index contributed by atoms with van der Waals surface area (Å²) in [4.78, 5) is 22.2. The summed E-state index contributed by atoms with van der Waals surface area (Å²) >= 11 is 5.70. The molecular formula is C10H12ClNO4. The SMILES string of the molecule is CC(C)(CC(=O)O)NC(=O)c1occc1Cl. The zero-order valence-corrected chi connectivity index (χ0v) is 9.67. The minimum atomic E-state index is -0.990. The van der Waals surface area contributed by atoms with Crippen LogP contribution in [0.15, 0.2) is 16.7 Å². The molecule has 0 aliphatic rings. The van der Waals surface area contributed by atoms with E-state index in [1.807, 2.05) is 0 Å². The Balaban J connectivity index is 2.71. The molecule has 88 valence electrons. The molecular weight excluding hydrogens is 234 g/mol. The topological polar surface area (TPSA) is 79.5 Å². The molecule has 16 heavy (non-hydrogen) atoms. The molecule has 1 heterocycles. The molecule has 0 aromatic carbocycles. The van der Waals surface area contributed by atoms with Gasteiger partial charge in [0.05, 0.1) is 17.7 Å². The van der Waals surface area contributed by atoms with Crippen LogP contribution in [-0.4, -0.2) is 22.5 Å². The average Bonchev–Trinajstić information content (AvgIpc) is 2.47. The molecule has 2 N–H and O–H groups in total. The number of carbonyl (C=O) groups is 2. The smallest absolute Gasteiger partial charge is 0.305 e. The summed E-state index contributed by atoms with van der Waals surface area (Å²) in [6, 6.07) is 1.45. The van der Waals surface area contributed by atoms with Crippen molar-refractivity contribution in [2.75, 3.05) is 0 Å². The lowest BCUT2D eigenvalue weighted by molar-refractivity contribution is -0.138. The minimum absolute atomic E-state index is 0.0138. The first-order chi connectivity index (χ1) is 7.32. The second-order valence-electron chi connectivity index (χ2n) is 4.01. The van der Waals surface area contributed by atoms with Crippen molar-refractivity contribution in [3.05, 3.63) is 23.1 Å². The molecule has 0 aliphatic heterocycles. The molecule has 0 bridgehead atoms. The van der Waals surface area contributed by atoms with Crippen LogP contribution in [0.2, 0.25) is 5.02 Å². The first-order valence-corrected chi connectivity index (χ1v) is 4.97. The van der Waals surface area contributed by atoms with Gasteiger partial charge >= 0.3 is 5.97 Å². The van der Waals surface area contributed by atoms with Gasteiger partial charge in [-0.15, -0.1) is 0 Å². The largest absolute Gasteiger partial charge is 0.481 e. The van der Waals surface area contributed by atoms with Crippen molar-refractivity contribution in [1.29, 1.82) is 0 Å². The average molecular weight is 246 g/mol. The molecule has 0 spiro atoms. The number of hydrogen-bond donors (Lipinski definition) is 2. The number of carboxylic acid groups (broad SMARTS) is 1. The predicted octanol–water partition coefficient (Wildman–Crippen LogP) is 1.92. The normalized spacial score (nSPS) is 11.2. The van der Waals surface area contributed by atoms with E-state index in [1.54, 1.807) is 13.8 Å². The molecule has 1 aromatic rings. The molecule has 5 nitrogen and oxygen atoms in total. The number of amides is 1. The maximum Gasteiger partial charge on any atom is 0.305 e. The molecule has 1 amide bonds. The van der Waals surface area contributed by atoms with E-state index in [2.05, 4.69) is 5.32 Å². The van der Waals surface area contributed by atoms with Crippen LogP contribution in [0.25, 0.3) is 0 Å². The minimum Gasteiger partial charge on any atom is -0.481 e. The maximum absolute atomic E-state index is 11.6. The maximum atomic E-state index is 11.6. The monoisotopic (exact) mass is 245 g/mol. The van der Waals surface area contributed by atoms with Gasteiger partial charge in [0.15, 0.2) is 0 Å². The lowest BCUT2D eigenvalue weighted by Gasteiger charge is -2.23. The molecule has 0 aliphatic carbocycles. The number of rotatable bonds is 4. The number of halogens is 1. The summed E-state index contributed by atoms with van der Waals surface area (Å²) in [5.41, 5.74) is -0.862. The second kappa shape index (κ2) is 4.57. The number of nitrogens with one attached hydrogen (secondary N) is 1. The highest BCUT2D eigenvalue weighted by molar-refractivity contribution is 6.33. The number of carboxylic acids is 1. The number of hydrogen-bond acceptors (Lipinski definition) is 3. The Kier molecular flexibility index (Phi) is 3.59. The highest BCUT2D eigenvalue weighted by atomic mass is 35.5. The van der Waals surface area contributed by atoms with Crippen molar-refractivity contribution in [2.24, 2.45) is 0 Å². The van der Waals surface area contributed by atoms with Crippen LogP contribution >= 0.6 is 11.6 Å². The number of aliphatic carboxylic acids is 1. The third kappa shape index (κ3) is 3.27.